The smallest absolute Gasteiger partial charge is 0.278 e. The van der Waals surface area contributed by atoms with Crippen LogP contribution in [0.15, 0.2) is 24.4 Å². The molecule has 0 atom stereocenters. The third-order valence-corrected chi connectivity index (χ3v) is 5.89. The first kappa shape index (κ1) is 17.2. The van der Waals surface area contributed by atoms with E-state index in [1.54, 1.807) is 6.20 Å². The Hall–Kier alpha value is -2.22. The molecule has 1 amide bonds. The molecule has 2 aromatic heterocycles. The van der Waals surface area contributed by atoms with Gasteiger partial charge in [-0.3, -0.25) is 15.2 Å². The van der Waals surface area contributed by atoms with Crippen LogP contribution < -0.4 is 10.6 Å². The number of rotatable bonds is 4. The summed E-state index contributed by atoms with van der Waals surface area (Å²) in [6.07, 6.45) is 3.32. The van der Waals surface area contributed by atoms with Crippen molar-refractivity contribution in [3.05, 3.63) is 62.4 Å². The van der Waals surface area contributed by atoms with Crippen LogP contribution in [0.3, 0.4) is 0 Å². The van der Waals surface area contributed by atoms with Gasteiger partial charge in [0, 0.05) is 53.3 Å². The van der Waals surface area contributed by atoms with Crippen molar-refractivity contribution in [1.29, 1.82) is 0 Å². The number of anilines is 1. The predicted molar refractivity (Wildman–Crippen MR) is 103 cm³/mol. The highest BCUT2D eigenvalue weighted by Crippen LogP contribution is 2.27. The highest BCUT2D eigenvalue weighted by Gasteiger charge is 2.22. The van der Waals surface area contributed by atoms with E-state index >= 15 is 0 Å². The van der Waals surface area contributed by atoms with Gasteiger partial charge in [-0.25, -0.2) is 4.98 Å². The second-order valence-electron chi connectivity index (χ2n) is 6.27. The second-order valence-corrected chi connectivity index (χ2v) is 7.76. The fourth-order valence-electron chi connectivity index (χ4n) is 3.05. The van der Waals surface area contributed by atoms with E-state index in [0.717, 1.165) is 45.2 Å². The van der Waals surface area contributed by atoms with Gasteiger partial charge in [0.25, 0.3) is 5.91 Å². The van der Waals surface area contributed by atoms with Crippen molar-refractivity contribution in [1.82, 2.24) is 20.5 Å². The van der Waals surface area contributed by atoms with Crippen molar-refractivity contribution in [3.63, 3.8) is 0 Å². The molecule has 134 valence electrons. The molecule has 0 spiro atoms. The molecule has 1 aliphatic rings. The van der Waals surface area contributed by atoms with Crippen LogP contribution in [0, 0.1) is 6.92 Å². The predicted octanol–water partition coefficient (Wildman–Crippen LogP) is 3.32. The molecule has 0 fully saturated rings. The molecular formula is C18H18ClN5OS. The number of halogens is 1. The molecule has 0 aliphatic carbocycles. The monoisotopic (exact) mass is 387 g/mol. The zero-order chi connectivity index (χ0) is 18.1. The van der Waals surface area contributed by atoms with E-state index in [1.807, 2.05) is 25.1 Å². The summed E-state index contributed by atoms with van der Waals surface area (Å²) in [7, 11) is 0. The lowest BCUT2D eigenvalue weighted by Gasteiger charge is -2.12. The van der Waals surface area contributed by atoms with Gasteiger partial charge in [-0.2, -0.15) is 5.10 Å². The Morgan fingerprint density at radius 2 is 2.31 bits per heavy atom. The van der Waals surface area contributed by atoms with E-state index in [-0.39, 0.29) is 5.91 Å². The molecule has 3 heterocycles. The number of hydrogen-bond acceptors (Lipinski definition) is 5. The minimum absolute atomic E-state index is 0.235. The fraction of sp³-hybridized carbons (Fsp3) is 0.278. The number of benzene rings is 1. The molecule has 3 N–H and O–H groups in total. The van der Waals surface area contributed by atoms with Gasteiger partial charge in [-0.15, -0.1) is 11.3 Å². The van der Waals surface area contributed by atoms with Crippen LogP contribution in [0.5, 0.6) is 0 Å². The van der Waals surface area contributed by atoms with Crippen molar-refractivity contribution in [2.24, 2.45) is 0 Å². The number of carbonyl (C=O) groups excluding carboxylic acids is 1. The van der Waals surface area contributed by atoms with Crippen LogP contribution in [0.2, 0.25) is 5.02 Å². The largest absolute Gasteiger partial charge is 0.312 e. The lowest BCUT2D eigenvalue weighted by atomic mass is 10.1. The third-order valence-electron chi connectivity index (χ3n) is 4.43. The van der Waals surface area contributed by atoms with Gasteiger partial charge >= 0.3 is 0 Å². The quantitative estimate of drug-likeness (QED) is 0.641. The first-order valence-electron chi connectivity index (χ1n) is 8.38. The average molecular weight is 388 g/mol. The summed E-state index contributed by atoms with van der Waals surface area (Å²) in [5, 5.41) is 14.6. The summed E-state index contributed by atoms with van der Waals surface area (Å²) < 4.78 is 0. The van der Waals surface area contributed by atoms with E-state index in [9.17, 15) is 4.79 Å². The molecule has 0 radical (unpaired) electrons. The summed E-state index contributed by atoms with van der Waals surface area (Å²) in [5.41, 5.74) is 4.52. The Morgan fingerprint density at radius 3 is 3.19 bits per heavy atom. The number of amides is 1. The lowest BCUT2D eigenvalue weighted by molar-refractivity contribution is 0.102. The van der Waals surface area contributed by atoms with Crippen molar-refractivity contribution in [2.75, 3.05) is 11.9 Å². The molecule has 4 rings (SSSR count). The number of aromatic nitrogens is 3. The van der Waals surface area contributed by atoms with Gasteiger partial charge in [0.2, 0.25) is 0 Å². The maximum atomic E-state index is 12.5. The molecule has 0 saturated heterocycles. The Balaban J connectivity index is 1.47. The summed E-state index contributed by atoms with van der Waals surface area (Å²) >= 11 is 7.82. The van der Waals surface area contributed by atoms with Crippen molar-refractivity contribution in [2.45, 2.75) is 26.3 Å². The summed E-state index contributed by atoms with van der Waals surface area (Å²) in [6.45, 7) is 3.54. The summed E-state index contributed by atoms with van der Waals surface area (Å²) in [4.78, 5) is 17.9. The van der Waals surface area contributed by atoms with Crippen LogP contribution in [0.25, 0.3) is 0 Å². The SMILES string of the molecule is Cc1cccc(Cc2cnc(NC(=O)c3n[nH]c4c3CNCC4)s2)c1Cl. The molecule has 8 heteroatoms. The van der Waals surface area contributed by atoms with Gasteiger partial charge < -0.3 is 5.32 Å². The first-order valence-corrected chi connectivity index (χ1v) is 9.58. The van der Waals surface area contributed by atoms with Crippen LogP contribution in [0.1, 0.15) is 37.7 Å². The van der Waals surface area contributed by atoms with Gasteiger partial charge in [0.1, 0.15) is 0 Å². The number of carbonyl (C=O) groups is 1. The maximum absolute atomic E-state index is 12.5. The number of aromatic amines is 1. The van der Waals surface area contributed by atoms with Gasteiger partial charge in [0.15, 0.2) is 10.8 Å². The maximum Gasteiger partial charge on any atom is 0.278 e. The van der Waals surface area contributed by atoms with E-state index in [2.05, 4.69) is 25.8 Å². The van der Waals surface area contributed by atoms with Crippen molar-refractivity contribution < 1.29 is 4.79 Å². The topological polar surface area (TPSA) is 82.7 Å². The van der Waals surface area contributed by atoms with Crippen molar-refractivity contribution in [3.8, 4) is 0 Å². The van der Waals surface area contributed by atoms with E-state index < -0.39 is 0 Å². The van der Waals surface area contributed by atoms with E-state index in [4.69, 9.17) is 11.6 Å². The zero-order valence-electron chi connectivity index (χ0n) is 14.2. The molecule has 0 unspecified atom stereocenters. The molecule has 1 aromatic carbocycles. The number of nitrogens with zero attached hydrogens (tertiary/aromatic N) is 2. The van der Waals surface area contributed by atoms with Crippen LogP contribution >= 0.6 is 22.9 Å². The molecule has 26 heavy (non-hydrogen) atoms. The van der Waals surface area contributed by atoms with E-state index in [1.165, 1.54) is 11.3 Å². The van der Waals surface area contributed by atoms with Gasteiger partial charge in [0.05, 0.1) is 0 Å². The molecule has 6 nitrogen and oxygen atoms in total. The number of nitrogens with one attached hydrogen (secondary N) is 3. The third kappa shape index (κ3) is 3.38. The summed E-state index contributed by atoms with van der Waals surface area (Å²) in [5.74, 6) is -0.235. The number of H-pyrrole nitrogens is 1. The lowest BCUT2D eigenvalue weighted by Crippen LogP contribution is -2.25. The molecule has 1 aliphatic heterocycles. The zero-order valence-corrected chi connectivity index (χ0v) is 15.8. The Morgan fingerprint density at radius 1 is 1.42 bits per heavy atom. The minimum Gasteiger partial charge on any atom is -0.312 e. The standard InChI is InChI=1S/C18H18ClN5OS/c1-10-3-2-4-11(15(10)19)7-12-8-21-18(26-12)22-17(25)16-13-9-20-6-5-14(13)23-24-16/h2-4,8,20H,5-7,9H2,1H3,(H,23,24)(H,21,22,25). The Labute approximate surface area is 160 Å². The highest BCUT2D eigenvalue weighted by molar-refractivity contribution is 7.15. The number of thiazole rings is 1. The molecular weight excluding hydrogens is 370 g/mol. The fourth-order valence-corrected chi connectivity index (χ4v) is 4.07. The highest BCUT2D eigenvalue weighted by atomic mass is 35.5. The summed E-state index contributed by atoms with van der Waals surface area (Å²) in [6, 6.07) is 5.99. The molecule has 0 bridgehead atoms. The number of aryl methyl sites for hydroxylation is 1. The van der Waals surface area contributed by atoms with Crippen LogP contribution in [-0.4, -0.2) is 27.6 Å². The normalized spacial score (nSPS) is 13.5. The number of fused-ring (bicyclic) bond motifs is 1. The van der Waals surface area contributed by atoms with Crippen LogP contribution in [0.4, 0.5) is 5.13 Å². The minimum atomic E-state index is -0.235. The van der Waals surface area contributed by atoms with Crippen LogP contribution in [-0.2, 0) is 19.4 Å². The van der Waals surface area contributed by atoms with Gasteiger partial charge in [-0.1, -0.05) is 29.8 Å². The van der Waals surface area contributed by atoms with E-state index in [0.29, 0.717) is 23.8 Å². The second kappa shape index (κ2) is 7.19. The average Bonchev–Trinajstić information content (AvgIpc) is 3.25. The number of hydrogen-bond donors (Lipinski definition) is 3. The Bertz CT molecular complexity index is 964. The molecule has 3 aromatic rings. The molecule has 0 saturated carbocycles. The van der Waals surface area contributed by atoms with Gasteiger partial charge in [-0.05, 0) is 18.1 Å². The Kier molecular flexibility index (Phi) is 4.76. The first-order chi connectivity index (χ1) is 12.6. The van der Waals surface area contributed by atoms with Crippen molar-refractivity contribution >= 4 is 34.0 Å².